The number of benzene rings is 1. The van der Waals surface area contributed by atoms with Gasteiger partial charge < -0.3 is 4.90 Å². The highest BCUT2D eigenvalue weighted by Crippen LogP contribution is 2.32. The molecule has 98 valence electrons. The van der Waals surface area contributed by atoms with E-state index in [0.29, 0.717) is 12.5 Å². The van der Waals surface area contributed by atoms with E-state index in [9.17, 15) is 4.79 Å². The molecule has 1 aliphatic heterocycles. The van der Waals surface area contributed by atoms with E-state index in [1.54, 1.807) is 0 Å². The summed E-state index contributed by atoms with van der Waals surface area (Å²) in [5, 5.41) is 0. The first-order valence-corrected chi connectivity index (χ1v) is 6.78. The summed E-state index contributed by atoms with van der Waals surface area (Å²) in [7, 11) is 0. The SMILES string of the molecule is CC1CCc2ccccc2N1C(=O)CC(C)(C)C. The van der Waals surface area contributed by atoms with E-state index < -0.39 is 0 Å². The van der Waals surface area contributed by atoms with Crippen molar-refractivity contribution in [3.8, 4) is 0 Å². The fourth-order valence-corrected chi connectivity index (χ4v) is 2.61. The molecule has 2 heteroatoms. The van der Waals surface area contributed by atoms with Crippen LogP contribution in [0.4, 0.5) is 5.69 Å². The van der Waals surface area contributed by atoms with E-state index in [4.69, 9.17) is 0 Å². The van der Waals surface area contributed by atoms with Gasteiger partial charge in [0, 0.05) is 18.2 Å². The lowest BCUT2D eigenvalue weighted by Crippen LogP contribution is -2.43. The highest BCUT2D eigenvalue weighted by Gasteiger charge is 2.30. The van der Waals surface area contributed by atoms with Crippen LogP contribution in [-0.4, -0.2) is 11.9 Å². The van der Waals surface area contributed by atoms with Gasteiger partial charge in [-0.05, 0) is 36.8 Å². The van der Waals surface area contributed by atoms with Crippen LogP contribution in [0.1, 0.15) is 46.1 Å². The van der Waals surface area contributed by atoms with Gasteiger partial charge in [0.25, 0.3) is 0 Å². The van der Waals surface area contributed by atoms with Crippen molar-refractivity contribution in [1.29, 1.82) is 0 Å². The number of rotatable bonds is 1. The molecule has 2 rings (SSSR count). The monoisotopic (exact) mass is 245 g/mol. The Bertz CT molecular complexity index is 445. The van der Waals surface area contributed by atoms with Crippen LogP contribution in [0.5, 0.6) is 0 Å². The summed E-state index contributed by atoms with van der Waals surface area (Å²) in [5.74, 6) is 0.252. The molecule has 18 heavy (non-hydrogen) atoms. The van der Waals surface area contributed by atoms with Crippen LogP contribution in [0.25, 0.3) is 0 Å². The predicted octanol–water partition coefficient (Wildman–Crippen LogP) is 3.79. The van der Waals surface area contributed by atoms with Crippen LogP contribution in [0.2, 0.25) is 0 Å². The minimum atomic E-state index is 0.0448. The summed E-state index contributed by atoms with van der Waals surface area (Å²) >= 11 is 0. The summed E-state index contributed by atoms with van der Waals surface area (Å²) in [6, 6.07) is 8.61. The van der Waals surface area contributed by atoms with Gasteiger partial charge in [0.2, 0.25) is 5.91 Å². The van der Waals surface area contributed by atoms with E-state index in [0.717, 1.165) is 18.5 Å². The summed E-state index contributed by atoms with van der Waals surface area (Å²) in [6.45, 7) is 8.50. The van der Waals surface area contributed by atoms with Gasteiger partial charge in [-0.1, -0.05) is 39.0 Å². The van der Waals surface area contributed by atoms with Crippen LogP contribution in [0.15, 0.2) is 24.3 Å². The fourth-order valence-electron chi connectivity index (χ4n) is 2.61. The minimum absolute atomic E-state index is 0.0448. The van der Waals surface area contributed by atoms with Crippen molar-refractivity contribution in [2.75, 3.05) is 4.90 Å². The fraction of sp³-hybridized carbons (Fsp3) is 0.562. The lowest BCUT2D eigenvalue weighted by atomic mass is 9.89. The largest absolute Gasteiger partial charge is 0.309 e. The molecular weight excluding hydrogens is 222 g/mol. The molecule has 2 nitrogen and oxygen atoms in total. The number of hydrogen-bond acceptors (Lipinski definition) is 1. The zero-order valence-electron chi connectivity index (χ0n) is 11.9. The third-order valence-electron chi connectivity index (χ3n) is 3.47. The second-order valence-corrected chi connectivity index (χ2v) is 6.52. The maximum Gasteiger partial charge on any atom is 0.227 e. The number of hydrogen-bond donors (Lipinski definition) is 0. The van der Waals surface area contributed by atoms with E-state index in [-0.39, 0.29) is 11.3 Å². The molecule has 1 atom stereocenters. The van der Waals surface area contributed by atoms with E-state index in [1.807, 2.05) is 11.0 Å². The summed E-state index contributed by atoms with van der Waals surface area (Å²) in [4.78, 5) is 14.5. The number of fused-ring (bicyclic) bond motifs is 1. The van der Waals surface area contributed by atoms with Gasteiger partial charge in [-0.15, -0.1) is 0 Å². The molecule has 1 unspecified atom stereocenters. The molecule has 0 N–H and O–H groups in total. The second kappa shape index (κ2) is 4.75. The first-order chi connectivity index (χ1) is 8.38. The standard InChI is InChI=1S/C16H23NO/c1-12-9-10-13-7-5-6-8-14(13)17(12)15(18)11-16(2,3)4/h5-8,12H,9-11H2,1-4H3. The normalized spacial score (nSPS) is 19.6. The predicted molar refractivity (Wildman–Crippen MR) is 75.8 cm³/mol. The van der Waals surface area contributed by atoms with Crippen molar-refractivity contribution in [1.82, 2.24) is 0 Å². The molecule has 0 aliphatic carbocycles. The number of aryl methyl sites for hydroxylation is 1. The number of amides is 1. The van der Waals surface area contributed by atoms with E-state index in [1.165, 1.54) is 5.56 Å². The Balaban J connectivity index is 2.29. The van der Waals surface area contributed by atoms with Crippen LogP contribution in [0, 0.1) is 5.41 Å². The lowest BCUT2D eigenvalue weighted by molar-refractivity contribution is -0.120. The zero-order valence-corrected chi connectivity index (χ0v) is 11.9. The van der Waals surface area contributed by atoms with Crippen molar-refractivity contribution in [2.24, 2.45) is 5.41 Å². The van der Waals surface area contributed by atoms with Crippen molar-refractivity contribution in [3.63, 3.8) is 0 Å². The van der Waals surface area contributed by atoms with Crippen LogP contribution < -0.4 is 4.90 Å². The molecule has 0 radical (unpaired) electrons. The summed E-state index contributed by atoms with van der Waals surface area (Å²) < 4.78 is 0. The molecule has 0 aromatic heterocycles. The first-order valence-electron chi connectivity index (χ1n) is 6.78. The first kappa shape index (κ1) is 13.1. The average molecular weight is 245 g/mol. The van der Waals surface area contributed by atoms with E-state index in [2.05, 4.69) is 45.9 Å². The smallest absolute Gasteiger partial charge is 0.227 e. The highest BCUT2D eigenvalue weighted by molar-refractivity contribution is 5.95. The van der Waals surface area contributed by atoms with Gasteiger partial charge in [0.1, 0.15) is 0 Å². The molecule has 1 aromatic rings. The Hall–Kier alpha value is -1.31. The molecule has 0 fully saturated rings. The minimum Gasteiger partial charge on any atom is -0.309 e. The van der Waals surface area contributed by atoms with Crippen LogP contribution in [-0.2, 0) is 11.2 Å². The third-order valence-corrected chi connectivity index (χ3v) is 3.47. The topological polar surface area (TPSA) is 20.3 Å². The van der Waals surface area contributed by atoms with Gasteiger partial charge >= 0.3 is 0 Å². The maximum absolute atomic E-state index is 12.5. The number of anilines is 1. The Kier molecular flexibility index (Phi) is 3.47. The van der Waals surface area contributed by atoms with Crippen molar-refractivity contribution >= 4 is 11.6 Å². The quantitative estimate of drug-likeness (QED) is 0.737. The van der Waals surface area contributed by atoms with Gasteiger partial charge in [-0.25, -0.2) is 0 Å². The number of para-hydroxylation sites is 1. The van der Waals surface area contributed by atoms with Crippen molar-refractivity contribution in [2.45, 2.75) is 53.0 Å². The zero-order chi connectivity index (χ0) is 13.3. The second-order valence-electron chi connectivity index (χ2n) is 6.52. The molecule has 0 saturated carbocycles. The highest BCUT2D eigenvalue weighted by atomic mass is 16.2. The van der Waals surface area contributed by atoms with Crippen LogP contribution in [0.3, 0.4) is 0 Å². The molecule has 0 saturated heterocycles. The molecular formula is C16H23NO. The Morgan fingerprint density at radius 3 is 2.67 bits per heavy atom. The van der Waals surface area contributed by atoms with Crippen molar-refractivity contribution in [3.05, 3.63) is 29.8 Å². The molecule has 1 aliphatic rings. The van der Waals surface area contributed by atoms with Gasteiger partial charge in [0.15, 0.2) is 0 Å². The molecule has 1 heterocycles. The number of nitrogens with zero attached hydrogens (tertiary/aromatic N) is 1. The number of carbonyl (C=O) groups excluding carboxylic acids is 1. The van der Waals surface area contributed by atoms with Gasteiger partial charge in [-0.3, -0.25) is 4.79 Å². The Morgan fingerprint density at radius 1 is 1.33 bits per heavy atom. The summed E-state index contributed by atoms with van der Waals surface area (Å²) in [6.07, 6.45) is 2.75. The van der Waals surface area contributed by atoms with Crippen molar-refractivity contribution < 1.29 is 4.79 Å². The van der Waals surface area contributed by atoms with Crippen LogP contribution >= 0.6 is 0 Å². The molecule has 1 aromatic carbocycles. The van der Waals surface area contributed by atoms with Gasteiger partial charge in [0.05, 0.1) is 0 Å². The summed E-state index contributed by atoms with van der Waals surface area (Å²) in [5.41, 5.74) is 2.46. The maximum atomic E-state index is 12.5. The molecule has 1 amide bonds. The van der Waals surface area contributed by atoms with E-state index >= 15 is 0 Å². The number of carbonyl (C=O) groups is 1. The Morgan fingerprint density at radius 2 is 2.00 bits per heavy atom. The molecule has 0 spiro atoms. The lowest BCUT2D eigenvalue weighted by Gasteiger charge is -2.36. The van der Waals surface area contributed by atoms with Gasteiger partial charge in [-0.2, -0.15) is 0 Å². The average Bonchev–Trinajstić information content (AvgIpc) is 2.26. The Labute approximate surface area is 110 Å². The molecule has 0 bridgehead atoms. The third kappa shape index (κ3) is 2.74.